The molecule has 0 atom stereocenters. The molecule has 0 amide bonds. The summed E-state index contributed by atoms with van der Waals surface area (Å²) in [4.78, 5) is 11.9. The molecule has 0 N–H and O–H groups in total. The number of thioether (sulfide) groups is 1. The first-order valence-corrected chi connectivity index (χ1v) is 6.95. The molecular formula is C13H15BrO2S. The van der Waals surface area contributed by atoms with Gasteiger partial charge in [0.15, 0.2) is 6.29 Å². The Hall–Kier alpha value is -0.740. The van der Waals surface area contributed by atoms with Crippen LogP contribution in [0.3, 0.4) is 0 Å². The second kappa shape index (κ2) is 6.87. The van der Waals surface area contributed by atoms with E-state index in [4.69, 9.17) is 4.74 Å². The van der Waals surface area contributed by atoms with Gasteiger partial charge in [0.05, 0.1) is 12.0 Å². The summed E-state index contributed by atoms with van der Waals surface area (Å²) in [6.07, 6.45) is 2.98. The Morgan fingerprint density at radius 2 is 2.18 bits per heavy atom. The van der Waals surface area contributed by atoms with Gasteiger partial charge in [-0.05, 0) is 26.0 Å². The van der Waals surface area contributed by atoms with E-state index in [-0.39, 0.29) is 0 Å². The van der Waals surface area contributed by atoms with E-state index in [1.807, 2.05) is 6.07 Å². The predicted octanol–water partition coefficient (Wildman–Crippen LogP) is 4.33. The van der Waals surface area contributed by atoms with E-state index >= 15 is 0 Å². The number of ether oxygens (including phenoxy) is 1. The topological polar surface area (TPSA) is 26.3 Å². The van der Waals surface area contributed by atoms with Crippen molar-refractivity contribution in [1.82, 2.24) is 0 Å². The molecule has 0 aromatic heterocycles. The standard InChI is InChI=1S/C13H15BrO2S/c1-9(2)4-5-17-13-10(8-15)6-11(14)7-12(13)16-3/h4,6-8H,5H2,1-3H3. The van der Waals surface area contributed by atoms with Crippen molar-refractivity contribution < 1.29 is 9.53 Å². The van der Waals surface area contributed by atoms with E-state index in [1.54, 1.807) is 24.9 Å². The van der Waals surface area contributed by atoms with Gasteiger partial charge in [0.2, 0.25) is 0 Å². The number of rotatable bonds is 5. The zero-order chi connectivity index (χ0) is 12.8. The Morgan fingerprint density at radius 3 is 2.71 bits per heavy atom. The molecule has 0 aliphatic heterocycles. The van der Waals surface area contributed by atoms with Gasteiger partial charge in [-0.15, -0.1) is 11.8 Å². The van der Waals surface area contributed by atoms with Crippen LogP contribution in [-0.2, 0) is 0 Å². The Labute approximate surface area is 115 Å². The van der Waals surface area contributed by atoms with Crippen LogP contribution in [0.15, 0.2) is 33.2 Å². The Bertz CT molecular complexity index is 437. The van der Waals surface area contributed by atoms with Crippen molar-refractivity contribution >= 4 is 34.0 Å². The average molecular weight is 315 g/mol. The molecule has 0 saturated carbocycles. The highest BCUT2D eigenvalue weighted by Gasteiger charge is 2.10. The molecule has 17 heavy (non-hydrogen) atoms. The van der Waals surface area contributed by atoms with Crippen molar-refractivity contribution in [3.8, 4) is 5.75 Å². The van der Waals surface area contributed by atoms with Gasteiger partial charge in [0, 0.05) is 15.8 Å². The number of allylic oxidation sites excluding steroid dienone is 1. The molecule has 0 aliphatic carbocycles. The molecule has 0 unspecified atom stereocenters. The summed E-state index contributed by atoms with van der Waals surface area (Å²) < 4.78 is 6.15. The highest BCUT2D eigenvalue weighted by atomic mass is 79.9. The molecule has 0 spiro atoms. The van der Waals surface area contributed by atoms with E-state index in [1.165, 1.54) is 5.57 Å². The molecule has 0 bridgehead atoms. The van der Waals surface area contributed by atoms with Gasteiger partial charge in [-0.3, -0.25) is 4.79 Å². The summed E-state index contributed by atoms with van der Waals surface area (Å²) in [6.45, 7) is 4.11. The number of hydrogen-bond donors (Lipinski definition) is 0. The number of benzene rings is 1. The number of methoxy groups -OCH3 is 1. The lowest BCUT2D eigenvalue weighted by Gasteiger charge is -2.10. The molecule has 0 saturated heterocycles. The first-order valence-electron chi connectivity index (χ1n) is 5.17. The Morgan fingerprint density at radius 1 is 1.47 bits per heavy atom. The van der Waals surface area contributed by atoms with Crippen molar-refractivity contribution in [2.24, 2.45) is 0 Å². The minimum absolute atomic E-state index is 0.656. The smallest absolute Gasteiger partial charge is 0.151 e. The van der Waals surface area contributed by atoms with Gasteiger partial charge in [-0.25, -0.2) is 0 Å². The molecular weight excluding hydrogens is 300 g/mol. The number of carbonyl (C=O) groups excluding carboxylic acids is 1. The average Bonchev–Trinajstić information content (AvgIpc) is 2.29. The molecule has 0 radical (unpaired) electrons. The van der Waals surface area contributed by atoms with Crippen LogP contribution in [0.4, 0.5) is 0 Å². The van der Waals surface area contributed by atoms with E-state index < -0.39 is 0 Å². The number of halogens is 1. The minimum atomic E-state index is 0.656. The lowest BCUT2D eigenvalue weighted by Crippen LogP contribution is -1.93. The van der Waals surface area contributed by atoms with Crippen LogP contribution < -0.4 is 4.74 Å². The fourth-order valence-electron chi connectivity index (χ4n) is 1.27. The van der Waals surface area contributed by atoms with Crippen LogP contribution in [0, 0.1) is 0 Å². The SMILES string of the molecule is COc1cc(Br)cc(C=O)c1SCC=C(C)C. The van der Waals surface area contributed by atoms with Crippen LogP contribution in [0.5, 0.6) is 5.75 Å². The lowest BCUT2D eigenvalue weighted by molar-refractivity contribution is 0.112. The van der Waals surface area contributed by atoms with Crippen molar-refractivity contribution in [1.29, 1.82) is 0 Å². The van der Waals surface area contributed by atoms with E-state index in [0.717, 1.165) is 27.2 Å². The van der Waals surface area contributed by atoms with Crippen LogP contribution in [-0.4, -0.2) is 19.1 Å². The minimum Gasteiger partial charge on any atom is -0.496 e. The molecule has 0 heterocycles. The molecule has 1 rings (SSSR count). The van der Waals surface area contributed by atoms with Gasteiger partial charge >= 0.3 is 0 Å². The third-order valence-corrected chi connectivity index (χ3v) is 3.63. The highest BCUT2D eigenvalue weighted by molar-refractivity contribution is 9.10. The molecule has 1 aromatic carbocycles. The summed E-state index contributed by atoms with van der Waals surface area (Å²) in [6, 6.07) is 3.68. The quantitative estimate of drug-likeness (QED) is 0.460. The Balaban J connectivity index is 3.02. The van der Waals surface area contributed by atoms with Gasteiger partial charge in [0.1, 0.15) is 5.75 Å². The normalized spacial score (nSPS) is 9.88. The number of hydrogen-bond acceptors (Lipinski definition) is 3. The molecule has 0 aliphatic rings. The molecule has 0 fully saturated rings. The molecule has 1 aromatic rings. The first kappa shape index (κ1) is 14.3. The molecule has 92 valence electrons. The zero-order valence-electron chi connectivity index (χ0n) is 10.1. The van der Waals surface area contributed by atoms with Gasteiger partial charge in [-0.1, -0.05) is 27.6 Å². The van der Waals surface area contributed by atoms with Crippen LogP contribution in [0.1, 0.15) is 24.2 Å². The maximum absolute atomic E-state index is 11.0. The molecule has 2 nitrogen and oxygen atoms in total. The highest BCUT2D eigenvalue weighted by Crippen LogP contribution is 2.35. The van der Waals surface area contributed by atoms with Gasteiger partial charge < -0.3 is 4.74 Å². The molecule has 4 heteroatoms. The third-order valence-electron chi connectivity index (χ3n) is 2.11. The first-order chi connectivity index (χ1) is 8.08. The summed E-state index contributed by atoms with van der Waals surface area (Å²) in [7, 11) is 1.61. The van der Waals surface area contributed by atoms with Gasteiger partial charge in [0.25, 0.3) is 0 Å². The second-order valence-electron chi connectivity index (χ2n) is 3.74. The van der Waals surface area contributed by atoms with Crippen LogP contribution >= 0.6 is 27.7 Å². The van der Waals surface area contributed by atoms with E-state index in [2.05, 4.69) is 35.9 Å². The van der Waals surface area contributed by atoms with Crippen molar-refractivity contribution in [2.45, 2.75) is 18.7 Å². The fourth-order valence-corrected chi connectivity index (χ4v) is 2.87. The fraction of sp³-hybridized carbons (Fsp3) is 0.308. The second-order valence-corrected chi connectivity index (χ2v) is 5.68. The summed E-state index contributed by atoms with van der Waals surface area (Å²) >= 11 is 4.97. The summed E-state index contributed by atoms with van der Waals surface area (Å²) in [5.41, 5.74) is 1.92. The summed E-state index contributed by atoms with van der Waals surface area (Å²) in [5.74, 6) is 1.56. The van der Waals surface area contributed by atoms with E-state index in [9.17, 15) is 4.79 Å². The van der Waals surface area contributed by atoms with Crippen molar-refractivity contribution in [2.75, 3.05) is 12.9 Å². The third kappa shape index (κ3) is 4.21. The monoisotopic (exact) mass is 314 g/mol. The number of aldehydes is 1. The van der Waals surface area contributed by atoms with Gasteiger partial charge in [-0.2, -0.15) is 0 Å². The van der Waals surface area contributed by atoms with Crippen molar-refractivity contribution in [3.63, 3.8) is 0 Å². The lowest BCUT2D eigenvalue weighted by atomic mass is 10.2. The largest absolute Gasteiger partial charge is 0.496 e. The number of carbonyl (C=O) groups is 1. The van der Waals surface area contributed by atoms with Crippen LogP contribution in [0.2, 0.25) is 0 Å². The Kier molecular flexibility index (Phi) is 5.78. The zero-order valence-corrected chi connectivity index (χ0v) is 12.5. The predicted molar refractivity (Wildman–Crippen MR) is 76.2 cm³/mol. The maximum Gasteiger partial charge on any atom is 0.151 e. The maximum atomic E-state index is 11.0. The van der Waals surface area contributed by atoms with Crippen LogP contribution in [0.25, 0.3) is 0 Å². The van der Waals surface area contributed by atoms with Crippen molar-refractivity contribution in [3.05, 3.63) is 33.8 Å². The summed E-state index contributed by atoms with van der Waals surface area (Å²) in [5, 5.41) is 0. The van der Waals surface area contributed by atoms with E-state index in [0.29, 0.717) is 5.56 Å².